The topological polar surface area (TPSA) is 81.3 Å². The molecule has 1 fully saturated rings. The molecule has 2 aromatic heterocycles. The maximum atomic E-state index is 13.4. The maximum Gasteiger partial charge on any atom is 0.326 e. The molecule has 0 atom stereocenters. The fourth-order valence-corrected chi connectivity index (χ4v) is 4.21. The molecule has 30 heavy (non-hydrogen) atoms. The van der Waals surface area contributed by atoms with E-state index in [1.165, 1.54) is 15.9 Å². The second-order valence-electron chi connectivity index (χ2n) is 6.92. The van der Waals surface area contributed by atoms with Gasteiger partial charge in [0.25, 0.3) is 5.91 Å². The van der Waals surface area contributed by atoms with E-state index in [1.54, 1.807) is 19.3 Å². The predicted molar refractivity (Wildman–Crippen MR) is 108 cm³/mol. The molecule has 0 aliphatic carbocycles. The van der Waals surface area contributed by atoms with Gasteiger partial charge in [-0.2, -0.15) is 0 Å². The number of nitrogens with one attached hydrogen (secondary N) is 2. The van der Waals surface area contributed by atoms with Gasteiger partial charge in [0.2, 0.25) is 0 Å². The van der Waals surface area contributed by atoms with Crippen LogP contribution in [0.25, 0.3) is 0 Å². The Labute approximate surface area is 175 Å². The molecule has 156 valence electrons. The zero-order chi connectivity index (χ0) is 21.3. The number of halogens is 2. The summed E-state index contributed by atoms with van der Waals surface area (Å²) in [7, 11) is 0. The number of benzene rings is 1. The molecular weight excluding hydrogens is 412 g/mol. The Morgan fingerprint density at radius 2 is 2.07 bits per heavy atom. The highest BCUT2D eigenvalue weighted by molar-refractivity contribution is 7.17. The first-order chi connectivity index (χ1) is 14.4. The lowest BCUT2D eigenvalue weighted by atomic mass is 10.2. The second kappa shape index (κ2) is 8.23. The van der Waals surface area contributed by atoms with Crippen molar-refractivity contribution in [2.24, 2.45) is 0 Å². The largest absolute Gasteiger partial charge is 0.367 e. The molecule has 0 bridgehead atoms. The third kappa shape index (κ3) is 4.04. The van der Waals surface area contributed by atoms with Crippen LogP contribution >= 0.6 is 11.3 Å². The zero-order valence-corrected chi connectivity index (χ0v) is 16.9. The lowest BCUT2D eigenvalue weighted by Crippen LogP contribution is -2.31. The van der Waals surface area contributed by atoms with Crippen molar-refractivity contribution in [2.45, 2.75) is 20.0 Å². The number of hydrogen-bond donors (Lipinski definition) is 2. The van der Waals surface area contributed by atoms with Gasteiger partial charge in [-0.3, -0.25) is 9.69 Å². The number of urea groups is 1. The summed E-state index contributed by atoms with van der Waals surface area (Å²) in [5.74, 6) is -2.11. The summed E-state index contributed by atoms with van der Waals surface area (Å²) >= 11 is 1.16. The molecule has 0 unspecified atom stereocenters. The van der Waals surface area contributed by atoms with Crippen molar-refractivity contribution in [3.63, 3.8) is 0 Å². The first kappa shape index (κ1) is 20.0. The number of rotatable bonds is 6. The van der Waals surface area contributed by atoms with Gasteiger partial charge < -0.3 is 15.2 Å². The van der Waals surface area contributed by atoms with Gasteiger partial charge in [0.1, 0.15) is 4.88 Å². The Balaban J connectivity index is 1.43. The maximum absolute atomic E-state index is 13.4. The summed E-state index contributed by atoms with van der Waals surface area (Å²) in [6, 6.07) is 5.18. The minimum absolute atomic E-state index is 0.168. The van der Waals surface area contributed by atoms with Crippen LogP contribution in [0.2, 0.25) is 0 Å². The zero-order valence-electron chi connectivity index (χ0n) is 16.1. The molecule has 2 N–H and O–H groups in total. The summed E-state index contributed by atoms with van der Waals surface area (Å²) in [6.45, 7) is 3.11. The van der Waals surface area contributed by atoms with E-state index < -0.39 is 11.6 Å². The van der Waals surface area contributed by atoms with Crippen LogP contribution in [0.4, 0.5) is 18.7 Å². The molecule has 7 nitrogen and oxygen atoms in total. The minimum atomic E-state index is -0.943. The van der Waals surface area contributed by atoms with Crippen molar-refractivity contribution in [1.29, 1.82) is 0 Å². The van der Waals surface area contributed by atoms with Gasteiger partial charge in [-0.15, -0.1) is 0 Å². The Bertz CT molecular complexity index is 1080. The first-order valence-corrected chi connectivity index (χ1v) is 10.1. The highest BCUT2D eigenvalue weighted by atomic mass is 32.1. The van der Waals surface area contributed by atoms with E-state index in [0.29, 0.717) is 40.9 Å². The number of H-pyrrole nitrogens is 1. The van der Waals surface area contributed by atoms with Crippen molar-refractivity contribution in [2.75, 3.05) is 18.0 Å². The van der Waals surface area contributed by atoms with Crippen LogP contribution in [0.3, 0.4) is 0 Å². The number of anilines is 1. The van der Waals surface area contributed by atoms with E-state index in [0.717, 1.165) is 29.0 Å². The Kier molecular flexibility index (Phi) is 5.49. The van der Waals surface area contributed by atoms with Crippen LogP contribution in [0.5, 0.6) is 0 Å². The van der Waals surface area contributed by atoms with E-state index in [2.05, 4.69) is 15.3 Å². The molecule has 3 amide bonds. The van der Waals surface area contributed by atoms with Crippen LogP contribution in [0, 0.1) is 18.6 Å². The van der Waals surface area contributed by atoms with Crippen LogP contribution in [-0.4, -0.2) is 39.9 Å². The number of aromatic amines is 1. The van der Waals surface area contributed by atoms with E-state index in [-0.39, 0.29) is 18.5 Å². The van der Waals surface area contributed by atoms with Gasteiger partial charge in [0.05, 0.1) is 5.69 Å². The van der Waals surface area contributed by atoms with E-state index >= 15 is 0 Å². The molecule has 0 radical (unpaired) electrons. The Morgan fingerprint density at radius 1 is 1.23 bits per heavy atom. The lowest BCUT2D eigenvalue weighted by molar-refractivity contribution is 0.0954. The van der Waals surface area contributed by atoms with Crippen molar-refractivity contribution in [1.82, 2.24) is 20.2 Å². The van der Waals surface area contributed by atoms with Gasteiger partial charge >= 0.3 is 6.03 Å². The fraction of sp³-hybridized carbons (Fsp3) is 0.250. The summed E-state index contributed by atoms with van der Waals surface area (Å²) < 4.78 is 26.5. The molecule has 1 aromatic carbocycles. The standard InChI is InChI=1S/C20H19F2N5O2S/c1-12-17(18(28)24-10-14-4-5-23-9-14)30-19(25-12)27-7-6-26(20(27)29)11-13-2-3-15(21)16(22)8-13/h2-5,8-9,23H,6-7,10-11H2,1H3,(H,24,28). The van der Waals surface area contributed by atoms with Crippen LogP contribution in [-0.2, 0) is 13.1 Å². The number of aryl methyl sites for hydroxylation is 1. The summed E-state index contributed by atoms with van der Waals surface area (Å²) in [5.41, 5.74) is 2.01. The van der Waals surface area contributed by atoms with E-state index in [4.69, 9.17) is 0 Å². The van der Waals surface area contributed by atoms with Crippen LogP contribution < -0.4 is 10.2 Å². The number of aromatic nitrogens is 2. The SMILES string of the molecule is Cc1nc(N2CCN(Cc3ccc(F)c(F)c3)C2=O)sc1C(=O)NCc1cc[nH]c1. The molecule has 4 rings (SSSR count). The predicted octanol–water partition coefficient (Wildman–Crippen LogP) is 3.43. The Morgan fingerprint density at radius 3 is 2.80 bits per heavy atom. The van der Waals surface area contributed by atoms with Gasteiger partial charge in [-0.25, -0.2) is 18.6 Å². The highest BCUT2D eigenvalue weighted by Gasteiger charge is 2.32. The van der Waals surface area contributed by atoms with Crippen molar-refractivity contribution < 1.29 is 18.4 Å². The Hall–Kier alpha value is -3.27. The molecule has 3 aromatic rings. The van der Waals surface area contributed by atoms with Crippen molar-refractivity contribution in [3.05, 3.63) is 70.0 Å². The summed E-state index contributed by atoms with van der Waals surface area (Å²) in [4.78, 5) is 36.1. The molecule has 0 saturated carbocycles. The molecule has 3 heterocycles. The van der Waals surface area contributed by atoms with Gasteiger partial charge in [-0.1, -0.05) is 17.4 Å². The number of nitrogens with zero attached hydrogens (tertiary/aromatic N) is 3. The minimum Gasteiger partial charge on any atom is -0.367 e. The van der Waals surface area contributed by atoms with Crippen LogP contribution in [0.15, 0.2) is 36.7 Å². The number of carbonyl (C=O) groups excluding carboxylic acids is 2. The average Bonchev–Trinajstić information content (AvgIpc) is 3.44. The third-order valence-electron chi connectivity index (χ3n) is 4.79. The lowest BCUT2D eigenvalue weighted by Gasteiger charge is -2.17. The molecular formula is C20H19F2N5O2S. The van der Waals surface area contributed by atoms with Crippen molar-refractivity contribution in [3.8, 4) is 0 Å². The van der Waals surface area contributed by atoms with Gasteiger partial charge in [0, 0.05) is 38.6 Å². The van der Waals surface area contributed by atoms with E-state index in [1.807, 2.05) is 6.07 Å². The molecule has 10 heteroatoms. The molecule has 1 aliphatic heterocycles. The smallest absolute Gasteiger partial charge is 0.326 e. The molecule has 0 spiro atoms. The quantitative estimate of drug-likeness (QED) is 0.628. The average molecular weight is 431 g/mol. The number of thiazole rings is 1. The first-order valence-electron chi connectivity index (χ1n) is 9.30. The number of amides is 3. The van der Waals surface area contributed by atoms with Crippen LogP contribution in [0.1, 0.15) is 26.5 Å². The van der Waals surface area contributed by atoms with Gasteiger partial charge in [-0.05, 0) is 36.2 Å². The number of hydrogen-bond acceptors (Lipinski definition) is 4. The fourth-order valence-electron chi connectivity index (χ4n) is 3.20. The third-order valence-corrected chi connectivity index (χ3v) is 5.97. The van der Waals surface area contributed by atoms with Crippen molar-refractivity contribution >= 4 is 28.4 Å². The second-order valence-corrected chi connectivity index (χ2v) is 7.89. The summed E-state index contributed by atoms with van der Waals surface area (Å²) in [5, 5.41) is 3.28. The number of carbonyl (C=O) groups is 2. The highest BCUT2D eigenvalue weighted by Crippen LogP contribution is 2.29. The molecule has 1 aliphatic rings. The molecule has 1 saturated heterocycles. The van der Waals surface area contributed by atoms with Gasteiger partial charge in [0.15, 0.2) is 16.8 Å². The summed E-state index contributed by atoms with van der Waals surface area (Å²) in [6.07, 6.45) is 3.58. The van der Waals surface area contributed by atoms with E-state index in [9.17, 15) is 18.4 Å². The normalized spacial score (nSPS) is 13.9. The monoisotopic (exact) mass is 431 g/mol.